The molecule has 0 aliphatic heterocycles. The molecule has 4 rings (SSSR count). The number of sulfonamides is 1. The molecule has 2 heterocycles. The molecule has 0 saturated heterocycles. The standard InChI is InChI=1S/C17H13Cl2N3O2S2/c18-12-7-6-11(9-13(12)19)26(23,24)22-17-21-15(14-3-1-2-8-20-14)16(25-17)10-4-5-10/h1-3,6-10H,4-5H2,(H,21,22). The zero-order valence-corrected chi connectivity index (χ0v) is 16.5. The number of nitrogens with zero attached hydrogens (tertiary/aromatic N) is 2. The molecule has 9 heteroatoms. The first-order valence-electron chi connectivity index (χ1n) is 7.84. The average molecular weight is 426 g/mol. The molecule has 0 atom stereocenters. The van der Waals surface area contributed by atoms with Gasteiger partial charge in [0, 0.05) is 11.1 Å². The van der Waals surface area contributed by atoms with E-state index in [4.69, 9.17) is 23.2 Å². The predicted molar refractivity (Wildman–Crippen MR) is 105 cm³/mol. The molecule has 0 unspecified atom stereocenters. The quantitative estimate of drug-likeness (QED) is 0.610. The van der Waals surface area contributed by atoms with Gasteiger partial charge < -0.3 is 0 Å². The number of anilines is 1. The number of halogens is 2. The van der Waals surface area contributed by atoms with Crippen LogP contribution in [0.5, 0.6) is 0 Å². The highest BCUT2D eigenvalue weighted by molar-refractivity contribution is 7.93. The molecule has 1 aromatic carbocycles. The van der Waals surface area contributed by atoms with Crippen LogP contribution in [-0.4, -0.2) is 18.4 Å². The molecule has 26 heavy (non-hydrogen) atoms. The van der Waals surface area contributed by atoms with Gasteiger partial charge in [-0.2, -0.15) is 0 Å². The number of aromatic nitrogens is 2. The fourth-order valence-corrected chi connectivity index (χ4v) is 5.27. The van der Waals surface area contributed by atoms with Crippen LogP contribution in [0.25, 0.3) is 11.4 Å². The van der Waals surface area contributed by atoms with Crippen molar-refractivity contribution in [2.45, 2.75) is 23.7 Å². The molecule has 1 N–H and O–H groups in total. The summed E-state index contributed by atoms with van der Waals surface area (Å²) in [5, 5.41) is 0.800. The van der Waals surface area contributed by atoms with Crippen molar-refractivity contribution >= 4 is 49.7 Å². The van der Waals surface area contributed by atoms with E-state index < -0.39 is 10.0 Å². The highest BCUT2D eigenvalue weighted by Crippen LogP contribution is 2.48. The Morgan fingerprint density at radius 3 is 2.58 bits per heavy atom. The molecule has 0 spiro atoms. The van der Waals surface area contributed by atoms with Gasteiger partial charge in [0.25, 0.3) is 10.0 Å². The smallest absolute Gasteiger partial charge is 0.255 e. The summed E-state index contributed by atoms with van der Waals surface area (Å²) in [6, 6.07) is 9.78. The van der Waals surface area contributed by atoms with Gasteiger partial charge in [-0.05, 0) is 49.1 Å². The Hall–Kier alpha value is -1.67. The summed E-state index contributed by atoms with van der Waals surface area (Å²) >= 11 is 13.2. The Morgan fingerprint density at radius 1 is 1.12 bits per heavy atom. The van der Waals surface area contributed by atoms with E-state index in [0.717, 1.165) is 29.1 Å². The molecule has 1 aliphatic carbocycles. The summed E-state index contributed by atoms with van der Waals surface area (Å²) in [7, 11) is -3.81. The molecular weight excluding hydrogens is 413 g/mol. The molecule has 0 radical (unpaired) electrons. The third-order valence-electron chi connectivity index (χ3n) is 3.93. The first-order valence-corrected chi connectivity index (χ1v) is 10.9. The molecular formula is C17H13Cl2N3O2S2. The second kappa shape index (κ2) is 6.81. The van der Waals surface area contributed by atoms with E-state index in [1.54, 1.807) is 6.20 Å². The first-order chi connectivity index (χ1) is 12.4. The summed E-state index contributed by atoms with van der Waals surface area (Å²) in [5.74, 6) is 0.424. The Kier molecular flexibility index (Phi) is 4.64. The lowest BCUT2D eigenvalue weighted by Gasteiger charge is -2.06. The minimum atomic E-state index is -3.81. The number of hydrogen-bond donors (Lipinski definition) is 1. The second-order valence-corrected chi connectivity index (χ2v) is 9.43. The molecule has 0 bridgehead atoms. The fraction of sp³-hybridized carbons (Fsp3) is 0.176. The summed E-state index contributed by atoms with van der Waals surface area (Å²) in [5.41, 5.74) is 1.48. The lowest BCUT2D eigenvalue weighted by molar-refractivity contribution is 0.601. The summed E-state index contributed by atoms with van der Waals surface area (Å²) in [4.78, 5) is 9.94. The molecule has 3 aromatic rings. The second-order valence-electron chi connectivity index (χ2n) is 5.90. The Balaban J connectivity index is 1.69. The van der Waals surface area contributed by atoms with Gasteiger partial charge >= 0.3 is 0 Å². The largest absolute Gasteiger partial charge is 0.263 e. The molecule has 2 aromatic heterocycles. The van der Waals surface area contributed by atoms with Crippen LogP contribution in [-0.2, 0) is 10.0 Å². The maximum Gasteiger partial charge on any atom is 0.263 e. The van der Waals surface area contributed by atoms with E-state index in [9.17, 15) is 8.42 Å². The van der Waals surface area contributed by atoms with Crippen LogP contribution in [0.4, 0.5) is 5.13 Å². The zero-order valence-electron chi connectivity index (χ0n) is 13.3. The topological polar surface area (TPSA) is 72.0 Å². The molecule has 1 aliphatic rings. The Morgan fingerprint density at radius 2 is 1.92 bits per heavy atom. The minimum absolute atomic E-state index is 0.0365. The average Bonchev–Trinajstić information content (AvgIpc) is 3.39. The maximum absolute atomic E-state index is 12.6. The van der Waals surface area contributed by atoms with Crippen molar-refractivity contribution in [3.8, 4) is 11.4 Å². The number of hydrogen-bond acceptors (Lipinski definition) is 5. The van der Waals surface area contributed by atoms with Gasteiger partial charge in [0.05, 0.1) is 20.6 Å². The summed E-state index contributed by atoms with van der Waals surface area (Å²) < 4.78 is 27.8. The maximum atomic E-state index is 12.6. The Labute approximate surface area is 165 Å². The van der Waals surface area contributed by atoms with Gasteiger partial charge in [-0.25, -0.2) is 13.4 Å². The van der Waals surface area contributed by atoms with Crippen molar-refractivity contribution in [2.75, 3.05) is 4.72 Å². The van der Waals surface area contributed by atoms with Gasteiger partial charge in [-0.3, -0.25) is 9.71 Å². The molecule has 5 nitrogen and oxygen atoms in total. The van der Waals surface area contributed by atoms with E-state index in [2.05, 4.69) is 14.7 Å². The number of pyridine rings is 1. The van der Waals surface area contributed by atoms with Crippen LogP contribution in [0.15, 0.2) is 47.5 Å². The lowest BCUT2D eigenvalue weighted by Crippen LogP contribution is -2.12. The van der Waals surface area contributed by atoms with E-state index in [0.29, 0.717) is 16.1 Å². The van der Waals surface area contributed by atoms with Crippen LogP contribution in [0.3, 0.4) is 0 Å². The predicted octanol–water partition coefficient (Wildman–Crippen LogP) is 5.19. The normalized spacial score (nSPS) is 14.4. The third-order valence-corrected chi connectivity index (χ3v) is 7.27. The monoisotopic (exact) mass is 425 g/mol. The number of rotatable bonds is 5. The first kappa shape index (κ1) is 17.7. The van der Waals surface area contributed by atoms with Crippen molar-refractivity contribution in [3.05, 3.63) is 57.5 Å². The van der Waals surface area contributed by atoms with Gasteiger partial charge in [-0.15, -0.1) is 11.3 Å². The van der Waals surface area contributed by atoms with Crippen LogP contribution in [0, 0.1) is 0 Å². The van der Waals surface area contributed by atoms with Crippen LogP contribution >= 0.6 is 34.5 Å². The zero-order chi connectivity index (χ0) is 18.3. The molecule has 1 fully saturated rings. The summed E-state index contributed by atoms with van der Waals surface area (Å²) in [6.07, 6.45) is 3.87. The lowest BCUT2D eigenvalue weighted by atomic mass is 10.2. The van der Waals surface area contributed by atoms with E-state index >= 15 is 0 Å². The van der Waals surface area contributed by atoms with Crippen LogP contribution < -0.4 is 4.72 Å². The van der Waals surface area contributed by atoms with Gasteiger partial charge in [0.15, 0.2) is 5.13 Å². The number of nitrogens with one attached hydrogen (secondary N) is 1. The highest BCUT2D eigenvalue weighted by atomic mass is 35.5. The molecule has 0 amide bonds. The Bertz CT molecular complexity index is 1060. The van der Waals surface area contributed by atoms with Crippen molar-refractivity contribution in [3.63, 3.8) is 0 Å². The van der Waals surface area contributed by atoms with Gasteiger partial charge in [-0.1, -0.05) is 29.3 Å². The van der Waals surface area contributed by atoms with Crippen molar-refractivity contribution in [1.29, 1.82) is 0 Å². The van der Waals surface area contributed by atoms with Crippen LogP contribution in [0.2, 0.25) is 10.0 Å². The third kappa shape index (κ3) is 3.57. The SMILES string of the molecule is O=S(=O)(Nc1nc(-c2ccccn2)c(C2CC2)s1)c1ccc(Cl)c(Cl)c1. The number of thiazole rings is 1. The fourth-order valence-electron chi connectivity index (χ4n) is 2.50. The highest BCUT2D eigenvalue weighted by Gasteiger charge is 2.31. The molecule has 1 saturated carbocycles. The van der Waals surface area contributed by atoms with E-state index in [1.807, 2.05) is 18.2 Å². The van der Waals surface area contributed by atoms with E-state index in [-0.39, 0.29) is 9.92 Å². The molecule has 134 valence electrons. The summed E-state index contributed by atoms with van der Waals surface area (Å²) in [6.45, 7) is 0. The van der Waals surface area contributed by atoms with Crippen LogP contribution in [0.1, 0.15) is 23.6 Å². The minimum Gasteiger partial charge on any atom is -0.255 e. The van der Waals surface area contributed by atoms with Crippen molar-refractivity contribution in [2.24, 2.45) is 0 Å². The van der Waals surface area contributed by atoms with Gasteiger partial charge in [0.1, 0.15) is 5.69 Å². The van der Waals surface area contributed by atoms with Gasteiger partial charge in [0.2, 0.25) is 0 Å². The van der Waals surface area contributed by atoms with Crippen molar-refractivity contribution < 1.29 is 8.42 Å². The van der Waals surface area contributed by atoms with E-state index in [1.165, 1.54) is 29.5 Å². The van der Waals surface area contributed by atoms with Crippen molar-refractivity contribution in [1.82, 2.24) is 9.97 Å². The number of benzene rings is 1.